The third-order valence-corrected chi connectivity index (χ3v) is 3.37. The van der Waals surface area contributed by atoms with E-state index in [4.69, 9.17) is 9.47 Å². The van der Waals surface area contributed by atoms with Crippen LogP contribution in [0.3, 0.4) is 0 Å². The van der Waals surface area contributed by atoms with E-state index >= 15 is 0 Å². The van der Waals surface area contributed by atoms with Crippen molar-refractivity contribution in [3.05, 3.63) is 57.1 Å². The molecule has 0 radical (unpaired) electrons. The van der Waals surface area contributed by atoms with Gasteiger partial charge in [-0.3, -0.25) is 14.9 Å². The van der Waals surface area contributed by atoms with Gasteiger partial charge in [-0.25, -0.2) is 0 Å². The average molecular weight is 381 g/mol. The van der Waals surface area contributed by atoms with Crippen molar-refractivity contribution in [1.82, 2.24) is 0 Å². The van der Waals surface area contributed by atoms with Crippen molar-refractivity contribution in [3.63, 3.8) is 0 Å². The van der Waals surface area contributed by atoms with Gasteiger partial charge in [-0.1, -0.05) is 15.9 Å². The highest BCUT2D eigenvalue weighted by Gasteiger charge is 2.16. The molecule has 2 aromatic rings. The first-order chi connectivity index (χ1) is 11.0. The number of hydrogen-bond donors (Lipinski definition) is 1. The molecule has 0 saturated carbocycles. The van der Waals surface area contributed by atoms with Crippen LogP contribution in [0.5, 0.6) is 11.5 Å². The number of carbonyl (C=O) groups is 1. The molecule has 0 atom stereocenters. The zero-order valence-electron chi connectivity index (χ0n) is 12.1. The maximum Gasteiger partial charge on any atom is 0.312 e. The summed E-state index contributed by atoms with van der Waals surface area (Å²) in [5.74, 6) is 0.246. The van der Waals surface area contributed by atoms with Crippen LogP contribution in [0.15, 0.2) is 46.9 Å². The summed E-state index contributed by atoms with van der Waals surface area (Å²) in [6.07, 6.45) is 0. The number of anilines is 1. The lowest BCUT2D eigenvalue weighted by atomic mass is 10.2. The summed E-state index contributed by atoms with van der Waals surface area (Å²) in [6.45, 7) is -0.207. The van der Waals surface area contributed by atoms with E-state index in [2.05, 4.69) is 21.2 Å². The third kappa shape index (κ3) is 4.68. The number of methoxy groups -OCH3 is 1. The molecule has 0 unspecified atom stereocenters. The van der Waals surface area contributed by atoms with E-state index in [1.165, 1.54) is 25.3 Å². The molecule has 0 saturated heterocycles. The lowest BCUT2D eigenvalue weighted by Gasteiger charge is -2.08. The van der Waals surface area contributed by atoms with E-state index in [1.807, 2.05) is 0 Å². The minimum Gasteiger partial charge on any atom is -0.490 e. The topological polar surface area (TPSA) is 90.7 Å². The molecule has 120 valence electrons. The predicted octanol–water partition coefficient (Wildman–Crippen LogP) is 3.38. The average Bonchev–Trinajstić information content (AvgIpc) is 2.54. The highest BCUT2D eigenvalue weighted by Crippen LogP contribution is 2.29. The van der Waals surface area contributed by atoms with E-state index in [1.54, 1.807) is 24.3 Å². The Morgan fingerprint density at radius 1 is 1.26 bits per heavy atom. The number of hydrogen-bond acceptors (Lipinski definition) is 5. The number of nitrogens with one attached hydrogen (secondary N) is 1. The molecule has 8 heteroatoms. The lowest BCUT2D eigenvalue weighted by molar-refractivity contribution is -0.385. The minimum absolute atomic E-state index is 0.124. The van der Waals surface area contributed by atoms with Crippen LogP contribution in [0, 0.1) is 10.1 Å². The van der Waals surface area contributed by atoms with Crippen LogP contribution in [0.25, 0.3) is 0 Å². The van der Waals surface area contributed by atoms with Gasteiger partial charge in [0.15, 0.2) is 12.4 Å². The van der Waals surface area contributed by atoms with Crippen molar-refractivity contribution in [2.45, 2.75) is 0 Å². The van der Waals surface area contributed by atoms with Gasteiger partial charge in [0.25, 0.3) is 5.91 Å². The van der Waals surface area contributed by atoms with Crippen LogP contribution in [0.2, 0.25) is 0 Å². The number of amides is 1. The Morgan fingerprint density at radius 2 is 1.96 bits per heavy atom. The molecular formula is C15H13BrN2O5. The van der Waals surface area contributed by atoms with Crippen molar-refractivity contribution in [2.75, 3.05) is 19.0 Å². The summed E-state index contributed by atoms with van der Waals surface area (Å²) in [4.78, 5) is 22.2. The molecule has 0 aliphatic heterocycles. The van der Waals surface area contributed by atoms with Gasteiger partial charge in [0.05, 0.1) is 12.0 Å². The summed E-state index contributed by atoms with van der Waals surface area (Å²) in [6, 6.07) is 11.2. The first kappa shape index (κ1) is 16.8. The molecule has 2 aromatic carbocycles. The number of ether oxygens (including phenoxy) is 2. The molecule has 2 rings (SSSR count). The second kappa shape index (κ2) is 7.59. The summed E-state index contributed by atoms with van der Waals surface area (Å²) < 4.78 is 11.1. The maximum atomic E-state index is 11.8. The first-order valence-corrected chi connectivity index (χ1v) is 7.29. The molecule has 0 heterocycles. The second-order valence-electron chi connectivity index (χ2n) is 4.43. The van der Waals surface area contributed by atoms with Gasteiger partial charge in [0.1, 0.15) is 5.75 Å². The fourth-order valence-electron chi connectivity index (χ4n) is 1.79. The van der Waals surface area contributed by atoms with Crippen LogP contribution >= 0.6 is 15.9 Å². The molecule has 0 aliphatic carbocycles. The fourth-order valence-corrected chi connectivity index (χ4v) is 2.05. The molecule has 0 aromatic heterocycles. The molecule has 0 spiro atoms. The van der Waals surface area contributed by atoms with E-state index in [-0.39, 0.29) is 18.0 Å². The smallest absolute Gasteiger partial charge is 0.312 e. The Labute approximate surface area is 140 Å². The van der Waals surface area contributed by atoms with Crippen molar-refractivity contribution in [3.8, 4) is 11.5 Å². The number of benzene rings is 2. The second-order valence-corrected chi connectivity index (χ2v) is 5.35. The molecule has 1 amide bonds. The highest BCUT2D eigenvalue weighted by molar-refractivity contribution is 9.10. The molecule has 0 bridgehead atoms. The predicted molar refractivity (Wildman–Crippen MR) is 87.9 cm³/mol. The normalized spacial score (nSPS) is 10.0. The number of rotatable bonds is 6. The summed E-state index contributed by atoms with van der Waals surface area (Å²) >= 11 is 3.30. The Balaban J connectivity index is 1.98. The summed E-state index contributed by atoms with van der Waals surface area (Å²) in [5.41, 5.74) is 0.0704. The number of nitro groups is 1. The molecule has 0 fully saturated rings. The fraction of sp³-hybridized carbons (Fsp3) is 0.133. The zero-order chi connectivity index (χ0) is 16.8. The number of nitro benzene ring substituents is 1. The van der Waals surface area contributed by atoms with Crippen molar-refractivity contribution in [2.24, 2.45) is 0 Å². The molecule has 0 aliphatic rings. The van der Waals surface area contributed by atoms with Crippen LogP contribution in [0.1, 0.15) is 0 Å². The van der Waals surface area contributed by atoms with Gasteiger partial charge in [0, 0.05) is 16.2 Å². The van der Waals surface area contributed by atoms with Crippen LogP contribution in [-0.2, 0) is 4.79 Å². The van der Waals surface area contributed by atoms with Gasteiger partial charge >= 0.3 is 5.69 Å². The Hall–Kier alpha value is -2.61. The number of carbonyl (C=O) groups excluding carboxylic acids is 1. The van der Waals surface area contributed by atoms with Gasteiger partial charge in [0.2, 0.25) is 0 Å². The Kier molecular flexibility index (Phi) is 5.53. The molecule has 1 N–H and O–H groups in total. The molecule has 23 heavy (non-hydrogen) atoms. The van der Waals surface area contributed by atoms with Gasteiger partial charge in [-0.2, -0.15) is 0 Å². The van der Waals surface area contributed by atoms with Gasteiger partial charge < -0.3 is 14.8 Å². The summed E-state index contributed by atoms with van der Waals surface area (Å²) in [5, 5.41) is 13.5. The Bertz CT molecular complexity index is 718. The van der Waals surface area contributed by atoms with Crippen molar-refractivity contribution in [1.29, 1.82) is 0 Å². The third-order valence-electron chi connectivity index (χ3n) is 2.84. The zero-order valence-corrected chi connectivity index (χ0v) is 13.7. The van der Waals surface area contributed by atoms with E-state index in [0.29, 0.717) is 11.4 Å². The number of halogens is 1. The van der Waals surface area contributed by atoms with Crippen LogP contribution in [-0.4, -0.2) is 24.5 Å². The SMILES string of the molecule is COc1ccc(NC(=O)COc2ccc(Br)cc2)cc1[N+](=O)[O-]. The van der Waals surface area contributed by atoms with Crippen molar-refractivity contribution >= 4 is 33.2 Å². The standard InChI is InChI=1S/C15H13BrN2O5/c1-22-14-7-4-11(8-13(14)18(20)21)17-15(19)9-23-12-5-2-10(16)3-6-12/h2-8H,9H2,1H3,(H,17,19). The molecular weight excluding hydrogens is 368 g/mol. The van der Waals surface area contributed by atoms with Gasteiger partial charge in [-0.05, 0) is 36.4 Å². The quantitative estimate of drug-likeness (QED) is 0.612. The molecule has 7 nitrogen and oxygen atoms in total. The van der Waals surface area contributed by atoms with E-state index in [0.717, 1.165) is 4.47 Å². The lowest BCUT2D eigenvalue weighted by Crippen LogP contribution is -2.20. The van der Waals surface area contributed by atoms with Crippen LogP contribution in [0.4, 0.5) is 11.4 Å². The largest absolute Gasteiger partial charge is 0.490 e. The monoisotopic (exact) mass is 380 g/mol. The minimum atomic E-state index is -0.577. The van der Waals surface area contributed by atoms with Crippen LogP contribution < -0.4 is 14.8 Å². The maximum absolute atomic E-state index is 11.8. The van der Waals surface area contributed by atoms with E-state index < -0.39 is 10.8 Å². The van der Waals surface area contributed by atoms with Gasteiger partial charge in [-0.15, -0.1) is 0 Å². The first-order valence-electron chi connectivity index (χ1n) is 6.50. The number of nitrogens with zero attached hydrogens (tertiary/aromatic N) is 1. The van der Waals surface area contributed by atoms with Crippen molar-refractivity contribution < 1.29 is 19.2 Å². The Morgan fingerprint density at radius 3 is 2.57 bits per heavy atom. The van der Waals surface area contributed by atoms with E-state index in [9.17, 15) is 14.9 Å². The summed E-state index contributed by atoms with van der Waals surface area (Å²) in [7, 11) is 1.34. The highest BCUT2D eigenvalue weighted by atomic mass is 79.9.